The van der Waals surface area contributed by atoms with E-state index >= 15 is 0 Å². The maximum absolute atomic E-state index is 13.7. The van der Waals surface area contributed by atoms with Gasteiger partial charge in [0.1, 0.15) is 16.9 Å². The summed E-state index contributed by atoms with van der Waals surface area (Å²) in [4.78, 5) is 41.0. The lowest BCUT2D eigenvalue weighted by Gasteiger charge is -2.27. The lowest BCUT2D eigenvalue weighted by molar-refractivity contribution is 0.0700. The zero-order valence-electron chi connectivity index (χ0n) is 25.9. The first-order valence-electron chi connectivity index (χ1n) is 16.1. The monoisotopic (exact) mass is 613 g/mol. The van der Waals surface area contributed by atoms with Gasteiger partial charge in [-0.2, -0.15) is 0 Å². The second kappa shape index (κ2) is 10.0. The van der Waals surface area contributed by atoms with Gasteiger partial charge in [-0.15, -0.1) is 0 Å². The summed E-state index contributed by atoms with van der Waals surface area (Å²) >= 11 is 0. The molecule has 6 aromatic rings. The molecular formula is C36H35N7O3. The van der Waals surface area contributed by atoms with E-state index in [-0.39, 0.29) is 23.6 Å². The largest absolute Gasteiger partial charge is 0.494 e. The second-order valence-electron chi connectivity index (χ2n) is 13.3. The summed E-state index contributed by atoms with van der Waals surface area (Å²) in [5.41, 5.74) is 12.2. The number of aromatic nitrogens is 5. The van der Waals surface area contributed by atoms with Crippen molar-refractivity contribution in [3.63, 3.8) is 0 Å². The fraction of sp³-hybridized carbons (Fsp3) is 0.333. The van der Waals surface area contributed by atoms with Gasteiger partial charge in [0.2, 0.25) is 0 Å². The van der Waals surface area contributed by atoms with E-state index in [1.807, 2.05) is 54.4 Å². The van der Waals surface area contributed by atoms with Crippen LogP contribution in [0.1, 0.15) is 36.0 Å². The summed E-state index contributed by atoms with van der Waals surface area (Å²) in [7, 11) is 3.64. The van der Waals surface area contributed by atoms with Gasteiger partial charge in [0.25, 0.3) is 11.5 Å². The number of ether oxygens (including phenoxy) is 1. The summed E-state index contributed by atoms with van der Waals surface area (Å²) in [6, 6.07) is 18.0. The Hall–Kier alpha value is -4.96. The molecule has 5 heterocycles. The van der Waals surface area contributed by atoms with Gasteiger partial charge in [-0.1, -0.05) is 6.07 Å². The fourth-order valence-corrected chi connectivity index (χ4v) is 7.83. The lowest BCUT2D eigenvalue weighted by Crippen LogP contribution is -2.41. The van der Waals surface area contributed by atoms with Crippen LogP contribution in [-0.2, 0) is 13.6 Å². The Morgan fingerprint density at radius 3 is 2.65 bits per heavy atom. The first-order valence-corrected chi connectivity index (χ1v) is 16.1. The van der Waals surface area contributed by atoms with E-state index in [1.54, 1.807) is 13.3 Å². The highest BCUT2D eigenvalue weighted by Crippen LogP contribution is 2.40. The quantitative estimate of drug-likeness (QED) is 0.270. The first kappa shape index (κ1) is 27.4. The zero-order valence-corrected chi connectivity index (χ0v) is 25.9. The van der Waals surface area contributed by atoms with E-state index < -0.39 is 0 Å². The molecule has 9 rings (SSSR count). The normalized spacial score (nSPS) is 20.8. The minimum atomic E-state index is -0.0989. The Labute approximate surface area is 264 Å². The number of benzene rings is 2. The Morgan fingerprint density at radius 2 is 1.89 bits per heavy atom. The highest BCUT2D eigenvalue weighted by atomic mass is 16.5. The van der Waals surface area contributed by atoms with Crippen LogP contribution in [0.4, 0.5) is 0 Å². The van der Waals surface area contributed by atoms with Crippen molar-refractivity contribution in [1.82, 2.24) is 29.0 Å². The van der Waals surface area contributed by atoms with Crippen molar-refractivity contribution < 1.29 is 9.53 Å². The molecule has 2 aliphatic carbocycles. The average Bonchev–Trinajstić information content (AvgIpc) is 3.47. The molecule has 0 spiro atoms. The van der Waals surface area contributed by atoms with Crippen LogP contribution in [-0.4, -0.2) is 60.6 Å². The molecule has 3 N–H and O–H groups in total. The molecule has 1 saturated heterocycles. The summed E-state index contributed by atoms with van der Waals surface area (Å²) < 4.78 is 10.2. The number of carbonyl (C=O) groups excluding carboxylic acids is 1. The average molecular weight is 614 g/mol. The second-order valence-corrected chi connectivity index (χ2v) is 13.3. The van der Waals surface area contributed by atoms with Gasteiger partial charge in [-0.25, -0.2) is 9.97 Å². The SMILES string of the molecule is COc1cc(C(=O)N2CC3CCC2[C@@H]3N)cc2nc(-c3cc4ccc(-c5ccc6c(=O)[nH]ccc6c5)nc4n3CC3CC3)n(C)c12. The number of methoxy groups -OCH3 is 1. The molecule has 3 fully saturated rings. The van der Waals surface area contributed by atoms with Gasteiger partial charge in [0.15, 0.2) is 5.82 Å². The highest BCUT2D eigenvalue weighted by molar-refractivity contribution is 6.00. The number of piperidine rings is 1. The third-order valence-corrected chi connectivity index (χ3v) is 10.5. The van der Waals surface area contributed by atoms with E-state index in [0.717, 1.165) is 69.6 Å². The molecule has 10 nitrogen and oxygen atoms in total. The van der Waals surface area contributed by atoms with Crippen LogP contribution >= 0.6 is 0 Å². The van der Waals surface area contributed by atoms with Crippen molar-refractivity contribution in [2.45, 2.75) is 44.3 Å². The van der Waals surface area contributed by atoms with E-state index in [9.17, 15) is 9.59 Å². The predicted octanol–water partition coefficient (Wildman–Crippen LogP) is 5.08. The highest BCUT2D eigenvalue weighted by Gasteiger charge is 2.47. The van der Waals surface area contributed by atoms with Crippen LogP contribution in [0.2, 0.25) is 0 Å². The number of fused-ring (bicyclic) bond motifs is 5. The summed E-state index contributed by atoms with van der Waals surface area (Å²) in [6.07, 6.45) is 6.13. The number of nitrogens with one attached hydrogen (secondary N) is 1. The van der Waals surface area contributed by atoms with Crippen LogP contribution in [0.3, 0.4) is 0 Å². The Bertz CT molecular complexity index is 2280. The summed E-state index contributed by atoms with van der Waals surface area (Å²) in [6.45, 7) is 1.57. The maximum Gasteiger partial charge on any atom is 0.255 e. The number of pyridine rings is 2. The van der Waals surface area contributed by atoms with Crippen molar-refractivity contribution >= 4 is 38.7 Å². The van der Waals surface area contributed by atoms with Crippen molar-refractivity contribution in [2.24, 2.45) is 24.6 Å². The zero-order chi connectivity index (χ0) is 31.3. The number of amides is 1. The van der Waals surface area contributed by atoms with Crippen LogP contribution in [0.15, 0.2) is 65.6 Å². The number of carbonyl (C=O) groups is 1. The summed E-state index contributed by atoms with van der Waals surface area (Å²) in [5.74, 6) is 2.39. The molecule has 3 aliphatic rings. The fourth-order valence-electron chi connectivity index (χ4n) is 7.83. The predicted molar refractivity (Wildman–Crippen MR) is 178 cm³/mol. The molecule has 1 amide bonds. The van der Waals surface area contributed by atoms with Gasteiger partial charge in [-0.3, -0.25) is 9.59 Å². The number of aryl methyl sites for hydroxylation is 1. The molecule has 1 aliphatic heterocycles. The lowest BCUT2D eigenvalue weighted by atomic mass is 10.1. The van der Waals surface area contributed by atoms with E-state index in [4.69, 9.17) is 20.4 Å². The molecule has 232 valence electrons. The minimum Gasteiger partial charge on any atom is -0.494 e. The molecule has 4 aromatic heterocycles. The van der Waals surface area contributed by atoms with Crippen molar-refractivity contribution in [3.8, 4) is 28.5 Å². The van der Waals surface area contributed by atoms with E-state index in [1.165, 1.54) is 12.8 Å². The molecule has 2 saturated carbocycles. The Morgan fingerprint density at radius 1 is 1.02 bits per heavy atom. The van der Waals surface area contributed by atoms with E-state index in [2.05, 4.69) is 26.3 Å². The number of likely N-dealkylation sites (tertiary alicyclic amines) is 1. The van der Waals surface area contributed by atoms with Crippen molar-refractivity contribution in [1.29, 1.82) is 0 Å². The number of nitrogens with two attached hydrogens (primary N) is 1. The number of H-pyrrole nitrogens is 1. The number of aromatic amines is 1. The van der Waals surface area contributed by atoms with E-state index in [0.29, 0.717) is 35.1 Å². The van der Waals surface area contributed by atoms with Crippen LogP contribution in [0, 0.1) is 11.8 Å². The van der Waals surface area contributed by atoms with Gasteiger partial charge in [0, 0.05) is 60.3 Å². The topological polar surface area (TPSA) is 124 Å². The van der Waals surface area contributed by atoms with Crippen LogP contribution in [0.5, 0.6) is 5.75 Å². The molecule has 46 heavy (non-hydrogen) atoms. The molecular weight excluding hydrogens is 578 g/mol. The van der Waals surface area contributed by atoms with Crippen molar-refractivity contribution in [2.75, 3.05) is 13.7 Å². The molecule has 2 bridgehead atoms. The number of nitrogens with zero attached hydrogens (tertiary/aromatic N) is 5. The third-order valence-electron chi connectivity index (χ3n) is 10.5. The van der Waals surface area contributed by atoms with Crippen LogP contribution < -0.4 is 16.0 Å². The first-order chi connectivity index (χ1) is 22.4. The van der Waals surface area contributed by atoms with Gasteiger partial charge < -0.3 is 29.5 Å². The maximum atomic E-state index is 13.7. The Kier molecular flexibility index (Phi) is 5.96. The molecule has 2 aromatic carbocycles. The summed E-state index contributed by atoms with van der Waals surface area (Å²) in [5, 5.41) is 2.57. The molecule has 3 atom stereocenters. The number of hydrogen-bond acceptors (Lipinski definition) is 6. The van der Waals surface area contributed by atoms with Gasteiger partial charge >= 0.3 is 0 Å². The number of imidazole rings is 1. The third kappa shape index (κ3) is 4.12. The smallest absolute Gasteiger partial charge is 0.255 e. The number of hydrogen-bond donors (Lipinski definition) is 2. The standard InChI is InChI=1S/C36H35N7O3/c1-41-32-27(14-24(16-30(32)46-2)36(45)43-18-23-7-10-28(43)31(23)37)40-34(41)29-15-22-6-9-26(39-33(22)42(29)17-19-3-4-19)21-5-8-25-20(13-21)11-12-38-35(25)44/h5-6,8-9,11-16,19,23,28,31H,3-4,7,10,17-18,37H2,1-2H3,(H,38,44)/t23?,28?,31-/m1/s1. The molecule has 2 unspecified atom stereocenters. The molecule has 0 radical (unpaired) electrons. The van der Waals surface area contributed by atoms with Crippen LogP contribution in [0.25, 0.3) is 55.6 Å². The molecule has 10 heteroatoms. The number of rotatable bonds is 6. The minimum absolute atomic E-state index is 0.00655. The van der Waals surface area contributed by atoms with Crippen molar-refractivity contribution in [3.05, 3.63) is 76.7 Å². The van der Waals surface area contributed by atoms with Gasteiger partial charge in [-0.05, 0) is 91.4 Å². The van der Waals surface area contributed by atoms with Gasteiger partial charge in [0.05, 0.1) is 24.0 Å². The Balaban J connectivity index is 1.16.